The largest absolute Gasteiger partial charge is 0.384 e. The van der Waals surface area contributed by atoms with Crippen molar-refractivity contribution in [3.05, 3.63) is 35.9 Å². The van der Waals surface area contributed by atoms with E-state index in [1.54, 1.807) is 7.11 Å². The topological polar surface area (TPSA) is 65.4 Å². The van der Waals surface area contributed by atoms with E-state index in [2.05, 4.69) is 41.7 Å². The van der Waals surface area contributed by atoms with Gasteiger partial charge in [-0.3, -0.25) is 4.79 Å². The average molecular weight is 367 g/mol. The van der Waals surface area contributed by atoms with E-state index in [0.29, 0.717) is 18.6 Å². The van der Waals surface area contributed by atoms with Gasteiger partial charge in [0, 0.05) is 44.1 Å². The molecule has 5 nitrogen and oxygen atoms in total. The molecule has 27 heavy (non-hydrogen) atoms. The second-order valence-electron chi connectivity index (χ2n) is 8.66. The molecule has 1 heterocycles. The number of nitriles is 1. The molecule has 5 heteroatoms. The van der Waals surface area contributed by atoms with Crippen molar-refractivity contribution in [2.24, 2.45) is 10.8 Å². The van der Waals surface area contributed by atoms with Crippen LogP contribution in [-0.4, -0.2) is 50.2 Å². The summed E-state index contributed by atoms with van der Waals surface area (Å²) in [5.41, 5.74) is 0.803. The number of piperidine rings is 1. The molecule has 0 aromatic heterocycles. The van der Waals surface area contributed by atoms with E-state index < -0.39 is 5.41 Å². The molecule has 1 aromatic carbocycles. The standard InChI is InChI=1S/C22H29N3O2/c1-27-16-21(15-24-19-13-18(19)17-5-3-2-4-6-17)9-11-25(12-10-21)20(26)22(14-23)7-8-22/h2-6,18-19,24H,7-13,15-16H2,1H3. The number of amides is 1. The van der Waals surface area contributed by atoms with Crippen LogP contribution in [0.5, 0.6) is 0 Å². The predicted molar refractivity (Wildman–Crippen MR) is 103 cm³/mol. The van der Waals surface area contributed by atoms with Crippen LogP contribution >= 0.6 is 0 Å². The molecule has 3 fully saturated rings. The zero-order chi connectivity index (χ0) is 18.9. The first-order chi connectivity index (χ1) is 13.1. The molecule has 2 saturated carbocycles. The third-order valence-corrected chi connectivity index (χ3v) is 6.69. The highest BCUT2D eigenvalue weighted by molar-refractivity contribution is 5.88. The summed E-state index contributed by atoms with van der Waals surface area (Å²) in [5.74, 6) is 0.674. The highest BCUT2D eigenvalue weighted by atomic mass is 16.5. The zero-order valence-electron chi connectivity index (χ0n) is 16.1. The Morgan fingerprint density at radius 3 is 2.56 bits per heavy atom. The molecule has 1 amide bonds. The fourth-order valence-electron chi connectivity index (χ4n) is 4.50. The van der Waals surface area contributed by atoms with Gasteiger partial charge in [-0.1, -0.05) is 30.3 Å². The molecule has 0 bridgehead atoms. The van der Waals surface area contributed by atoms with E-state index in [1.807, 2.05) is 4.90 Å². The number of hydrogen-bond donors (Lipinski definition) is 1. The molecule has 0 radical (unpaired) electrons. The van der Waals surface area contributed by atoms with Crippen LogP contribution in [0.4, 0.5) is 0 Å². The van der Waals surface area contributed by atoms with E-state index in [4.69, 9.17) is 4.74 Å². The van der Waals surface area contributed by atoms with Crippen LogP contribution in [0.15, 0.2) is 30.3 Å². The van der Waals surface area contributed by atoms with Crippen molar-refractivity contribution in [3.63, 3.8) is 0 Å². The molecular weight excluding hydrogens is 338 g/mol. The number of hydrogen-bond acceptors (Lipinski definition) is 4. The molecule has 0 spiro atoms. The SMILES string of the molecule is COCC1(CNC2CC2c2ccccc2)CCN(C(=O)C2(C#N)CC2)CC1. The molecule has 144 valence electrons. The number of benzene rings is 1. The minimum atomic E-state index is -0.698. The van der Waals surface area contributed by atoms with Gasteiger partial charge in [0.15, 0.2) is 0 Å². The number of ether oxygens (including phenoxy) is 1. The maximum Gasteiger partial charge on any atom is 0.243 e. The van der Waals surface area contributed by atoms with Gasteiger partial charge in [0.1, 0.15) is 5.41 Å². The molecule has 2 atom stereocenters. The lowest BCUT2D eigenvalue weighted by Gasteiger charge is -2.42. The summed E-state index contributed by atoms with van der Waals surface area (Å²) in [6.45, 7) is 3.12. The number of nitrogens with one attached hydrogen (secondary N) is 1. The highest BCUT2D eigenvalue weighted by Gasteiger charge is 2.53. The molecule has 1 aliphatic heterocycles. The molecule has 3 aliphatic rings. The van der Waals surface area contributed by atoms with Crippen LogP contribution in [0.1, 0.15) is 43.6 Å². The van der Waals surface area contributed by atoms with E-state index in [1.165, 1.54) is 12.0 Å². The van der Waals surface area contributed by atoms with Crippen LogP contribution < -0.4 is 5.32 Å². The maximum atomic E-state index is 12.6. The number of likely N-dealkylation sites (tertiary alicyclic amines) is 1. The van der Waals surface area contributed by atoms with Gasteiger partial charge in [-0.25, -0.2) is 0 Å². The number of methoxy groups -OCH3 is 1. The van der Waals surface area contributed by atoms with Crippen molar-refractivity contribution < 1.29 is 9.53 Å². The van der Waals surface area contributed by atoms with E-state index >= 15 is 0 Å². The first kappa shape index (κ1) is 18.5. The van der Waals surface area contributed by atoms with Crippen LogP contribution in [0, 0.1) is 22.2 Å². The van der Waals surface area contributed by atoms with Gasteiger partial charge in [-0.15, -0.1) is 0 Å². The van der Waals surface area contributed by atoms with Gasteiger partial charge >= 0.3 is 0 Å². The van der Waals surface area contributed by atoms with E-state index in [-0.39, 0.29) is 11.3 Å². The van der Waals surface area contributed by atoms with Crippen LogP contribution in [0.2, 0.25) is 0 Å². The van der Waals surface area contributed by atoms with Crippen molar-refractivity contribution in [1.29, 1.82) is 5.26 Å². The molecule has 1 aromatic rings. The molecule has 4 rings (SSSR count). The Labute approximate surface area is 161 Å². The Morgan fingerprint density at radius 1 is 1.26 bits per heavy atom. The molecule has 1 saturated heterocycles. The predicted octanol–water partition coefficient (Wildman–Crippen LogP) is 2.69. The highest BCUT2D eigenvalue weighted by Crippen LogP contribution is 2.47. The van der Waals surface area contributed by atoms with Gasteiger partial charge < -0.3 is 15.0 Å². The fraction of sp³-hybridized carbons (Fsp3) is 0.636. The number of nitrogens with zero attached hydrogens (tertiary/aromatic N) is 2. The lowest BCUT2D eigenvalue weighted by atomic mass is 9.78. The number of carbonyl (C=O) groups is 1. The van der Waals surface area contributed by atoms with Crippen LogP contribution in [0.3, 0.4) is 0 Å². The third kappa shape index (κ3) is 3.74. The minimum Gasteiger partial charge on any atom is -0.384 e. The molecule has 2 unspecified atom stereocenters. The summed E-state index contributed by atoms with van der Waals surface area (Å²) in [5, 5.41) is 13.1. The Balaban J connectivity index is 1.31. The number of rotatable bonds is 7. The zero-order valence-corrected chi connectivity index (χ0v) is 16.1. The van der Waals surface area contributed by atoms with Crippen molar-refractivity contribution in [3.8, 4) is 6.07 Å². The fourth-order valence-corrected chi connectivity index (χ4v) is 4.50. The van der Waals surface area contributed by atoms with Crippen molar-refractivity contribution in [1.82, 2.24) is 10.2 Å². The summed E-state index contributed by atoms with van der Waals surface area (Å²) in [6.07, 6.45) is 4.52. The molecule has 1 N–H and O–H groups in total. The summed E-state index contributed by atoms with van der Waals surface area (Å²) >= 11 is 0. The van der Waals surface area contributed by atoms with Gasteiger partial charge in [0.2, 0.25) is 5.91 Å². The summed E-state index contributed by atoms with van der Waals surface area (Å²) < 4.78 is 5.55. The van der Waals surface area contributed by atoms with Gasteiger partial charge in [-0.05, 0) is 37.7 Å². The second-order valence-corrected chi connectivity index (χ2v) is 8.66. The van der Waals surface area contributed by atoms with Crippen LogP contribution in [-0.2, 0) is 9.53 Å². The van der Waals surface area contributed by atoms with Crippen molar-refractivity contribution in [2.75, 3.05) is 33.4 Å². The second kappa shape index (κ2) is 7.26. The summed E-state index contributed by atoms with van der Waals surface area (Å²) in [6, 6.07) is 13.5. The summed E-state index contributed by atoms with van der Waals surface area (Å²) in [7, 11) is 1.76. The van der Waals surface area contributed by atoms with E-state index in [0.717, 1.165) is 45.3 Å². The van der Waals surface area contributed by atoms with Crippen molar-refractivity contribution in [2.45, 2.75) is 44.1 Å². The normalized spacial score (nSPS) is 27.6. The Bertz CT molecular complexity index is 715. The van der Waals surface area contributed by atoms with Crippen molar-refractivity contribution >= 4 is 5.91 Å². The lowest BCUT2D eigenvalue weighted by molar-refractivity contribution is -0.138. The Kier molecular flexibility index (Phi) is 4.96. The average Bonchev–Trinajstić information content (AvgIpc) is 3.63. The molecular formula is C22H29N3O2. The molecule has 2 aliphatic carbocycles. The van der Waals surface area contributed by atoms with Gasteiger partial charge in [0.05, 0.1) is 12.7 Å². The Hall–Kier alpha value is -1.90. The van der Waals surface area contributed by atoms with Crippen LogP contribution in [0.25, 0.3) is 0 Å². The monoisotopic (exact) mass is 367 g/mol. The quantitative estimate of drug-likeness (QED) is 0.805. The first-order valence-corrected chi connectivity index (χ1v) is 10.1. The smallest absolute Gasteiger partial charge is 0.243 e. The number of carbonyl (C=O) groups excluding carboxylic acids is 1. The summed E-state index contributed by atoms with van der Waals surface area (Å²) in [4.78, 5) is 14.5. The van der Waals surface area contributed by atoms with Gasteiger partial charge in [-0.2, -0.15) is 5.26 Å². The lowest BCUT2D eigenvalue weighted by Crippen LogP contribution is -2.50. The van der Waals surface area contributed by atoms with Gasteiger partial charge in [0.25, 0.3) is 0 Å². The maximum absolute atomic E-state index is 12.6. The van der Waals surface area contributed by atoms with E-state index in [9.17, 15) is 10.1 Å². The first-order valence-electron chi connectivity index (χ1n) is 10.1. The Morgan fingerprint density at radius 2 is 1.96 bits per heavy atom. The minimum absolute atomic E-state index is 0.0512. The third-order valence-electron chi connectivity index (χ3n) is 6.69.